The minimum absolute atomic E-state index is 0.213. The Labute approximate surface area is 157 Å². The van der Waals surface area contributed by atoms with Gasteiger partial charge in [-0.05, 0) is 69.1 Å². The van der Waals surface area contributed by atoms with Crippen molar-refractivity contribution in [1.82, 2.24) is 9.80 Å². The van der Waals surface area contributed by atoms with Crippen molar-refractivity contribution in [3.63, 3.8) is 0 Å². The summed E-state index contributed by atoms with van der Waals surface area (Å²) in [5, 5.41) is 0. The molecule has 4 fully saturated rings. The number of amides is 2. The van der Waals surface area contributed by atoms with Crippen LogP contribution in [0.4, 0.5) is 0 Å². The lowest BCUT2D eigenvalue weighted by molar-refractivity contribution is -0.141. The highest BCUT2D eigenvalue weighted by Crippen LogP contribution is 2.42. The van der Waals surface area contributed by atoms with Crippen molar-refractivity contribution in [2.75, 3.05) is 26.2 Å². The SMILES string of the molecule is NC1C2CCCC1CC(C(=O)N1CCC(CN3CCCCC3=O)CC1)C2. The summed E-state index contributed by atoms with van der Waals surface area (Å²) in [6.45, 7) is 3.60. The molecule has 0 aromatic carbocycles. The topological polar surface area (TPSA) is 66.6 Å². The first kappa shape index (κ1) is 18.3. The molecule has 2 N–H and O–H groups in total. The Morgan fingerprint density at radius 2 is 1.65 bits per heavy atom. The first-order chi connectivity index (χ1) is 12.6. The fourth-order valence-corrected chi connectivity index (χ4v) is 5.95. The lowest BCUT2D eigenvalue weighted by Gasteiger charge is -2.45. The van der Waals surface area contributed by atoms with Gasteiger partial charge in [0.2, 0.25) is 11.8 Å². The highest BCUT2D eigenvalue weighted by atomic mass is 16.2. The molecule has 2 aliphatic carbocycles. The number of hydrogen-bond acceptors (Lipinski definition) is 3. The Morgan fingerprint density at radius 1 is 0.962 bits per heavy atom. The van der Waals surface area contributed by atoms with Crippen LogP contribution in [0.5, 0.6) is 0 Å². The molecule has 5 heteroatoms. The molecular weight excluding hydrogens is 326 g/mol. The number of carbonyl (C=O) groups excluding carboxylic acids is 2. The number of nitrogens with two attached hydrogens (primary N) is 1. The fraction of sp³-hybridized carbons (Fsp3) is 0.905. The van der Waals surface area contributed by atoms with E-state index >= 15 is 0 Å². The smallest absolute Gasteiger partial charge is 0.225 e. The molecule has 2 unspecified atom stereocenters. The summed E-state index contributed by atoms with van der Waals surface area (Å²) in [4.78, 5) is 29.3. The summed E-state index contributed by atoms with van der Waals surface area (Å²) >= 11 is 0. The average molecular weight is 362 g/mol. The number of carbonyl (C=O) groups is 2. The van der Waals surface area contributed by atoms with Crippen LogP contribution in [0, 0.1) is 23.7 Å². The number of likely N-dealkylation sites (tertiary alicyclic amines) is 2. The third kappa shape index (κ3) is 3.78. The molecule has 0 aromatic rings. The number of rotatable bonds is 3. The van der Waals surface area contributed by atoms with Gasteiger partial charge in [-0.1, -0.05) is 6.42 Å². The van der Waals surface area contributed by atoms with E-state index in [4.69, 9.17) is 5.73 Å². The van der Waals surface area contributed by atoms with Crippen LogP contribution in [-0.2, 0) is 9.59 Å². The van der Waals surface area contributed by atoms with Gasteiger partial charge in [-0.2, -0.15) is 0 Å². The molecular formula is C21H35N3O2. The first-order valence-corrected chi connectivity index (χ1v) is 10.9. The molecule has 2 bridgehead atoms. The van der Waals surface area contributed by atoms with Crippen LogP contribution in [0.25, 0.3) is 0 Å². The van der Waals surface area contributed by atoms with Crippen LogP contribution < -0.4 is 5.73 Å². The Hall–Kier alpha value is -1.10. The predicted octanol–water partition coefficient (Wildman–Crippen LogP) is 2.39. The maximum Gasteiger partial charge on any atom is 0.225 e. The van der Waals surface area contributed by atoms with Gasteiger partial charge in [0.05, 0.1) is 0 Å². The van der Waals surface area contributed by atoms with E-state index in [2.05, 4.69) is 9.80 Å². The highest BCUT2D eigenvalue weighted by molar-refractivity contribution is 5.79. The van der Waals surface area contributed by atoms with E-state index in [1.54, 1.807) is 0 Å². The largest absolute Gasteiger partial charge is 0.342 e. The van der Waals surface area contributed by atoms with Gasteiger partial charge in [0.15, 0.2) is 0 Å². The van der Waals surface area contributed by atoms with Gasteiger partial charge in [-0.25, -0.2) is 0 Å². The van der Waals surface area contributed by atoms with E-state index in [0.29, 0.717) is 35.6 Å². The van der Waals surface area contributed by atoms with Crippen molar-refractivity contribution in [3.8, 4) is 0 Å². The van der Waals surface area contributed by atoms with Crippen LogP contribution in [-0.4, -0.2) is 53.8 Å². The minimum atomic E-state index is 0.213. The fourth-order valence-electron chi connectivity index (χ4n) is 5.95. The molecule has 2 aliphatic heterocycles. The van der Waals surface area contributed by atoms with Crippen molar-refractivity contribution in [1.29, 1.82) is 0 Å². The van der Waals surface area contributed by atoms with Gasteiger partial charge >= 0.3 is 0 Å². The summed E-state index contributed by atoms with van der Waals surface area (Å²) in [6, 6.07) is 0.334. The van der Waals surface area contributed by atoms with Gasteiger partial charge in [-0.3, -0.25) is 9.59 Å². The highest BCUT2D eigenvalue weighted by Gasteiger charge is 2.42. The van der Waals surface area contributed by atoms with E-state index in [9.17, 15) is 9.59 Å². The molecule has 2 heterocycles. The summed E-state index contributed by atoms with van der Waals surface area (Å²) in [7, 11) is 0. The van der Waals surface area contributed by atoms with Crippen molar-refractivity contribution in [2.24, 2.45) is 29.4 Å². The lowest BCUT2D eigenvalue weighted by Crippen LogP contribution is -2.51. The molecule has 0 aromatic heterocycles. The Bertz CT molecular complexity index is 515. The molecule has 0 radical (unpaired) electrons. The zero-order chi connectivity index (χ0) is 18.1. The second-order valence-electron chi connectivity index (χ2n) is 9.26. The first-order valence-electron chi connectivity index (χ1n) is 10.9. The molecule has 0 spiro atoms. The Balaban J connectivity index is 1.26. The molecule has 2 saturated carbocycles. The van der Waals surface area contributed by atoms with Gasteiger partial charge in [0.25, 0.3) is 0 Å². The maximum atomic E-state index is 13.1. The average Bonchev–Trinajstić information content (AvgIpc) is 2.63. The van der Waals surface area contributed by atoms with Gasteiger partial charge in [-0.15, -0.1) is 0 Å². The van der Waals surface area contributed by atoms with Crippen molar-refractivity contribution in [2.45, 2.75) is 70.3 Å². The number of hydrogen-bond donors (Lipinski definition) is 1. The van der Waals surface area contributed by atoms with Crippen LogP contribution >= 0.6 is 0 Å². The van der Waals surface area contributed by atoms with Crippen LogP contribution in [0.3, 0.4) is 0 Å². The van der Waals surface area contributed by atoms with E-state index in [1.807, 2.05) is 0 Å². The zero-order valence-corrected chi connectivity index (χ0v) is 16.1. The lowest BCUT2D eigenvalue weighted by atomic mass is 9.65. The molecule has 2 amide bonds. The van der Waals surface area contributed by atoms with Crippen molar-refractivity contribution < 1.29 is 9.59 Å². The van der Waals surface area contributed by atoms with Gasteiger partial charge in [0, 0.05) is 44.6 Å². The second kappa shape index (κ2) is 7.87. The molecule has 146 valence electrons. The summed E-state index contributed by atoms with van der Waals surface area (Å²) in [5.41, 5.74) is 6.39. The van der Waals surface area contributed by atoms with Crippen LogP contribution in [0.15, 0.2) is 0 Å². The number of piperidine rings is 2. The van der Waals surface area contributed by atoms with E-state index in [0.717, 1.165) is 71.1 Å². The minimum Gasteiger partial charge on any atom is -0.342 e. The van der Waals surface area contributed by atoms with Crippen LogP contribution in [0.1, 0.15) is 64.2 Å². The molecule has 2 atom stereocenters. The molecule has 4 aliphatic rings. The number of nitrogens with zero attached hydrogens (tertiary/aromatic N) is 2. The van der Waals surface area contributed by atoms with E-state index in [-0.39, 0.29) is 5.92 Å². The summed E-state index contributed by atoms with van der Waals surface area (Å²) in [6.07, 6.45) is 10.8. The maximum absolute atomic E-state index is 13.1. The van der Waals surface area contributed by atoms with Crippen molar-refractivity contribution >= 4 is 11.8 Å². The van der Waals surface area contributed by atoms with E-state index in [1.165, 1.54) is 19.3 Å². The van der Waals surface area contributed by atoms with Gasteiger partial charge in [0.1, 0.15) is 0 Å². The quantitative estimate of drug-likeness (QED) is 0.839. The summed E-state index contributed by atoms with van der Waals surface area (Å²) < 4.78 is 0. The van der Waals surface area contributed by atoms with Gasteiger partial charge < -0.3 is 15.5 Å². The summed E-state index contributed by atoms with van der Waals surface area (Å²) in [5.74, 6) is 2.64. The second-order valence-corrected chi connectivity index (χ2v) is 9.26. The Morgan fingerprint density at radius 3 is 2.31 bits per heavy atom. The molecule has 2 saturated heterocycles. The molecule has 4 rings (SSSR count). The van der Waals surface area contributed by atoms with E-state index < -0.39 is 0 Å². The van der Waals surface area contributed by atoms with Crippen molar-refractivity contribution in [3.05, 3.63) is 0 Å². The Kier molecular flexibility index (Phi) is 5.53. The number of fused-ring (bicyclic) bond motifs is 2. The third-order valence-electron chi connectivity index (χ3n) is 7.59. The standard InChI is InChI=1S/C21H35N3O2/c22-20-16-4-3-5-17(20)13-18(12-16)21(26)23-10-7-15(8-11-23)14-24-9-2-1-6-19(24)25/h15-18,20H,1-14,22H2. The zero-order valence-electron chi connectivity index (χ0n) is 16.1. The third-order valence-corrected chi connectivity index (χ3v) is 7.59. The monoisotopic (exact) mass is 361 g/mol. The normalized spacial score (nSPS) is 36.3. The molecule has 26 heavy (non-hydrogen) atoms. The van der Waals surface area contributed by atoms with Crippen LogP contribution in [0.2, 0.25) is 0 Å². The predicted molar refractivity (Wildman–Crippen MR) is 101 cm³/mol. The molecule has 5 nitrogen and oxygen atoms in total.